The van der Waals surface area contributed by atoms with E-state index in [1.54, 1.807) is 18.5 Å². The number of ether oxygens (including phenoxy) is 1. The highest BCUT2D eigenvalue weighted by Gasteiger charge is 2.31. The summed E-state index contributed by atoms with van der Waals surface area (Å²) in [6.45, 7) is 1.73. The predicted octanol–water partition coefficient (Wildman–Crippen LogP) is 3.15. The molecule has 3 heterocycles. The number of hydrogen-bond donors (Lipinski definition) is 3. The number of carbonyl (C=O) groups is 1. The molecule has 3 N–H and O–H groups in total. The van der Waals surface area contributed by atoms with Crippen LogP contribution in [-0.4, -0.2) is 44.2 Å². The molecule has 36 heavy (non-hydrogen) atoms. The molecular formula is C26H26N4O5S. The molecule has 0 fully saturated rings. The van der Waals surface area contributed by atoms with Gasteiger partial charge in [-0.2, -0.15) is 8.42 Å². The van der Waals surface area contributed by atoms with Crippen LogP contribution >= 0.6 is 0 Å². The second-order valence-electron chi connectivity index (χ2n) is 8.67. The average Bonchev–Trinajstić information content (AvgIpc) is 3.45. The van der Waals surface area contributed by atoms with Crippen molar-refractivity contribution in [1.82, 2.24) is 20.6 Å². The van der Waals surface area contributed by atoms with Crippen LogP contribution in [0.15, 0.2) is 54.9 Å². The minimum atomic E-state index is -3.81. The molecule has 0 saturated heterocycles. The summed E-state index contributed by atoms with van der Waals surface area (Å²) >= 11 is 0. The Balaban J connectivity index is 1.42. The Labute approximate surface area is 209 Å². The summed E-state index contributed by atoms with van der Waals surface area (Å²) in [6, 6.07) is 13.8. The van der Waals surface area contributed by atoms with Gasteiger partial charge in [0.25, 0.3) is 5.91 Å². The van der Waals surface area contributed by atoms with Gasteiger partial charge in [0.15, 0.2) is 11.5 Å². The number of rotatable bonds is 9. The van der Waals surface area contributed by atoms with E-state index in [4.69, 9.17) is 8.92 Å². The fourth-order valence-corrected chi connectivity index (χ4v) is 4.92. The maximum Gasteiger partial charge on any atom is 0.306 e. The van der Waals surface area contributed by atoms with E-state index in [9.17, 15) is 13.2 Å². The zero-order valence-corrected chi connectivity index (χ0v) is 20.7. The first-order chi connectivity index (χ1) is 17.3. The third-order valence-corrected chi connectivity index (χ3v) is 6.57. The Bertz CT molecular complexity index is 1550. The van der Waals surface area contributed by atoms with Gasteiger partial charge in [0.2, 0.25) is 0 Å². The highest BCUT2D eigenvalue weighted by molar-refractivity contribution is 7.86. The van der Waals surface area contributed by atoms with Crippen molar-refractivity contribution < 1.29 is 22.1 Å². The monoisotopic (exact) mass is 506 g/mol. The fourth-order valence-electron chi connectivity index (χ4n) is 4.44. The first kappa shape index (κ1) is 23.8. The van der Waals surface area contributed by atoms with Crippen LogP contribution in [0, 0.1) is 0 Å². The summed E-state index contributed by atoms with van der Waals surface area (Å²) in [5.74, 6) is -0.0181. The highest BCUT2D eigenvalue weighted by Crippen LogP contribution is 2.43. The number of aromatic amines is 1. The molecule has 9 nitrogen and oxygen atoms in total. The van der Waals surface area contributed by atoms with Crippen molar-refractivity contribution in [1.29, 1.82) is 0 Å². The van der Waals surface area contributed by atoms with Crippen molar-refractivity contribution in [2.45, 2.75) is 19.5 Å². The number of fused-ring (bicyclic) bond motifs is 2. The molecular weight excluding hydrogens is 480 g/mol. The summed E-state index contributed by atoms with van der Waals surface area (Å²) in [6.07, 6.45) is 5.48. The summed E-state index contributed by atoms with van der Waals surface area (Å²) < 4.78 is 34.3. The van der Waals surface area contributed by atoms with E-state index in [2.05, 4.69) is 32.7 Å². The molecule has 4 aromatic rings. The lowest BCUT2D eigenvalue weighted by Gasteiger charge is -2.15. The maximum atomic E-state index is 12.7. The van der Waals surface area contributed by atoms with Gasteiger partial charge in [-0.15, -0.1) is 0 Å². The predicted molar refractivity (Wildman–Crippen MR) is 137 cm³/mol. The number of methoxy groups -OCH3 is 1. The lowest BCUT2D eigenvalue weighted by atomic mass is 9.98. The van der Waals surface area contributed by atoms with Gasteiger partial charge in [0.05, 0.1) is 18.9 Å². The summed E-state index contributed by atoms with van der Waals surface area (Å²) in [4.78, 5) is 20.1. The Morgan fingerprint density at radius 1 is 1.08 bits per heavy atom. The molecule has 0 spiro atoms. The second-order valence-corrected chi connectivity index (χ2v) is 10.2. The lowest BCUT2D eigenvalue weighted by molar-refractivity contribution is 0.0966. The van der Waals surface area contributed by atoms with Crippen molar-refractivity contribution in [2.75, 3.05) is 19.9 Å². The summed E-state index contributed by atoms with van der Waals surface area (Å²) in [5, 5.41) is 7.23. The van der Waals surface area contributed by atoms with Crippen LogP contribution < -0.4 is 19.6 Å². The third kappa shape index (κ3) is 4.91. The molecule has 0 atom stereocenters. The molecule has 186 valence electrons. The molecule has 0 radical (unpaired) electrons. The van der Waals surface area contributed by atoms with E-state index < -0.39 is 10.1 Å². The Hall–Kier alpha value is -3.89. The van der Waals surface area contributed by atoms with Gasteiger partial charge in [-0.3, -0.25) is 9.78 Å². The minimum absolute atomic E-state index is 0.0355. The van der Waals surface area contributed by atoms with E-state index in [0.717, 1.165) is 47.9 Å². The van der Waals surface area contributed by atoms with Crippen LogP contribution in [-0.2, 0) is 29.6 Å². The van der Waals surface area contributed by atoms with Crippen LogP contribution in [0.1, 0.15) is 27.0 Å². The number of H-pyrrole nitrogens is 1. The number of nitrogens with one attached hydrogen (secondary N) is 3. The molecule has 2 aromatic carbocycles. The van der Waals surface area contributed by atoms with Gasteiger partial charge in [-0.05, 0) is 60.5 Å². The van der Waals surface area contributed by atoms with E-state index >= 15 is 0 Å². The van der Waals surface area contributed by atoms with Crippen LogP contribution in [0.5, 0.6) is 11.5 Å². The molecule has 0 bridgehead atoms. The third-order valence-electron chi connectivity index (χ3n) is 6.10. The number of hydrogen-bond acceptors (Lipinski definition) is 7. The van der Waals surface area contributed by atoms with Crippen molar-refractivity contribution in [2.24, 2.45) is 0 Å². The van der Waals surface area contributed by atoms with Crippen molar-refractivity contribution in [3.63, 3.8) is 0 Å². The minimum Gasteiger partial charge on any atom is -0.493 e. The number of benzene rings is 2. The number of amides is 1. The smallest absolute Gasteiger partial charge is 0.306 e. The zero-order chi connectivity index (χ0) is 25.3. The number of carbonyl (C=O) groups excluding carboxylic acids is 1. The van der Waals surface area contributed by atoms with Crippen LogP contribution in [0.2, 0.25) is 0 Å². The van der Waals surface area contributed by atoms with Crippen LogP contribution in [0.3, 0.4) is 0 Å². The molecule has 0 unspecified atom stereocenters. The normalized spacial score (nSPS) is 13.0. The van der Waals surface area contributed by atoms with Crippen LogP contribution in [0.4, 0.5) is 0 Å². The SMILES string of the molecule is COc1cc(-c2cc3cc(CNCCc4ccncc4)ccc3[nH]2)c2c(c1OS(C)(=O)=O)CNC2=O. The number of nitrogens with zero attached hydrogens (tertiary/aromatic N) is 1. The van der Waals surface area contributed by atoms with Gasteiger partial charge in [-0.1, -0.05) is 6.07 Å². The molecule has 5 rings (SSSR count). The van der Waals surface area contributed by atoms with E-state index in [0.29, 0.717) is 16.7 Å². The van der Waals surface area contributed by atoms with Gasteiger partial charge in [0.1, 0.15) is 0 Å². The van der Waals surface area contributed by atoms with Crippen molar-refractivity contribution in [3.05, 3.63) is 77.1 Å². The molecule has 1 amide bonds. The topological polar surface area (TPSA) is 122 Å². The van der Waals surface area contributed by atoms with Gasteiger partial charge in [-0.25, -0.2) is 0 Å². The van der Waals surface area contributed by atoms with E-state index in [1.807, 2.05) is 24.3 Å². The first-order valence-electron chi connectivity index (χ1n) is 11.5. The van der Waals surface area contributed by atoms with Crippen molar-refractivity contribution >= 4 is 26.9 Å². The zero-order valence-electron chi connectivity index (χ0n) is 19.9. The molecule has 0 aliphatic carbocycles. The summed E-state index contributed by atoms with van der Waals surface area (Å²) in [5.41, 5.74) is 5.48. The second kappa shape index (κ2) is 9.63. The largest absolute Gasteiger partial charge is 0.493 e. The van der Waals surface area contributed by atoms with Crippen LogP contribution in [0.25, 0.3) is 22.2 Å². The van der Waals surface area contributed by atoms with Gasteiger partial charge >= 0.3 is 10.1 Å². The number of aromatic nitrogens is 2. The molecule has 1 aliphatic rings. The maximum absolute atomic E-state index is 12.7. The van der Waals surface area contributed by atoms with Gasteiger partial charge < -0.3 is 24.5 Å². The highest BCUT2D eigenvalue weighted by atomic mass is 32.2. The average molecular weight is 507 g/mol. The fraction of sp³-hybridized carbons (Fsp3) is 0.231. The quantitative estimate of drug-likeness (QED) is 0.235. The molecule has 2 aromatic heterocycles. The van der Waals surface area contributed by atoms with E-state index in [1.165, 1.54) is 12.7 Å². The Kier molecular flexibility index (Phi) is 6.38. The Morgan fingerprint density at radius 3 is 2.64 bits per heavy atom. The number of pyridine rings is 1. The Morgan fingerprint density at radius 2 is 1.89 bits per heavy atom. The lowest BCUT2D eigenvalue weighted by Crippen LogP contribution is -2.16. The van der Waals surface area contributed by atoms with Crippen molar-refractivity contribution in [3.8, 4) is 22.8 Å². The molecule has 1 aliphatic heterocycles. The molecule has 0 saturated carbocycles. The van der Waals surface area contributed by atoms with E-state index in [-0.39, 0.29) is 24.0 Å². The first-order valence-corrected chi connectivity index (χ1v) is 13.3. The summed E-state index contributed by atoms with van der Waals surface area (Å²) in [7, 11) is -2.38. The standard InChI is InChI=1S/C26H26N4O5S/c1-34-23-13-19(24-20(15-29-26(24)31)25(23)35-36(2,32)33)22-12-18-11-17(3-4-21(18)30-22)14-28-10-7-16-5-8-27-9-6-16/h3-6,8-9,11-13,28,30H,7,10,14-15H2,1-2H3,(H,29,31). The molecule has 10 heteroatoms. The van der Waals surface area contributed by atoms with Gasteiger partial charge in [0, 0.05) is 53.2 Å².